The monoisotopic (exact) mass is 310 g/mol. The predicted octanol–water partition coefficient (Wildman–Crippen LogP) is 3.08. The van der Waals surface area contributed by atoms with E-state index in [9.17, 15) is 4.79 Å². The van der Waals surface area contributed by atoms with Crippen LogP contribution in [-0.4, -0.2) is 36.0 Å². The molecule has 1 aliphatic heterocycles. The Morgan fingerprint density at radius 2 is 2.00 bits per heavy atom. The van der Waals surface area contributed by atoms with E-state index in [2.05, 4.69) is 21.4 Å². The van der Waals surface area contributed by atoms with Crippen LogP contribution in [0.15, 0.2) is 30.9 Å². The summed E-state index contributed by atoms with van der Waals surface area (Å²) in [5, 5.41) is 1.04. The number of fused-ring (bicyclic) bond motifs is 1. The summed E-state index contributed by atoms with van der Waals surface area (Å²) in [4.78, 5) is 24.9. The highest BCUT2D eigenvalue weighted by atomic mass is 16.2. The van der Waals surface area contributed by atoms with Gasteiger partial charge in [-0.2, -0.15) is 0 Å². The molecule has 0 spiro atoms. The topological polar surface area (TPSA) is 49.3 Å². The van der Waals surface area contributed by atoms with Crippen molar-refractivity contribution in [2.45, 2.75) is 26.2 Å². The fourth-order valence-electron chi connectivity index (χ4n) is 3.03. The number of hydrogen-bond acceptors (Lipinski definition) is 4. The summed E-state index contributed by atoms with van der Waals surface area (Å²) in [5.41, 5.74) is 1.68. The molecule has 2 aromatic rings. The molecule has 5 heteroatoms. The Labute approximate surface area is 136 Å². The fourth-order valence-corrected chi connectivity index (χ4v) is 3.03. The maximum atomic E-state index is 11.8. The van der Waals surface area contributed by atoms with Crippen molar-refractivity contribution in [3.63, 3.8) is 0 Å². The number of benzene rings is 1. The van der Waals surface area contributed by atoms with E-state index in [4.69, 9.17) is 0 Å². The second-order valence-electron chi connectivity index (χ2n) is 5.94. The second-order valence-corrected chi connectivity index (χ2v) is 5.94. The smallest absolute Gasteiger partial charge is 0.250 e. The van der Waals surface area contributed by atoms with E-state index in [1.54, 1.807) is 11.9 Å². The van der Waals surface area contributed by atoms with Gasteiger partial charge in [-0.25, -0.2) is 9.97 Å². The minimum absolute atomic E-state index is 0.133. The highest BCUT2D eigenvalue weighted by molar-refractivity contribution is 6.02. The van der Waals surface area contributed by atoms with Gasteiger partial charge in [0.25, 0.3) is 0 Å². The van der Waals surface area contributed by atoms with E-state index >= 15 is 0 Å². The maximum Gasteiger partial charge on any atom is 0.250 e. The van der Waals surface area contributed by atoms with Crippen LogP contribution in [0.3, 0.4) is 0 Å². The number of aromatic nitrogens is 2. The Bertz CT molecular complexity index is 750. The van der Waals surface area contributed by atoms with Crippen LogP contribution in [0.25, 0.3) is 10.9 Å². The Morgan fingerprint density at radius 3 is 2.70 bits per heavy atom. The third-order valence-electron chi connectivity index (χ3n) is 4.32. The lowest BCUT2D eigenvalue weighted by Crippen LogP contribution is -2.30. The van der Waals surface area contributed by atoms with Crippen molar-refractivity contribution in [2.75, 3.05) is 29.9 Å². The highest BCUT2D eigenvalue weighted by Crippen LogP contribution is 2.29. The Kier molecular flexibility index (Phi) is 4.28. The third kappa shape index (κ3) is 3.04. The number of hydrogen-bond donors (Lipinski definition) is 0. The molecule has 1 aliphatic rings. The average Bonchev–Trinajstić information content (AvgIpc) is 2.59. The highest BCUT2D eigenvalue weighted by Gasteiger charge is 2.17. The molecule has 0 N–H and O–H groups in total. The standard InChI is InChI=1S/C18H22N4O/c1-4-17(23)21(3)14-8-9-15-16(12-14)19-13(2)20-18(15)22-10-6-5-7-11-22/h4,8-9,12H,1,5-7,10-11H2,2-3H3. The molecule has 0 radical (unpaired) electrons. The summed E-state index contributed by atoms with van der Waals surface area (Å²) >= 11 is 0. The molecule has 0 atom stereocenters. The van der Waals surface area contributed by atoms with Crippen molar-refractivity contribution in [2.24, 2.45) is 0 Å². The minimum atomic E-state index is -0.133. The van der Waals surface area contributed by atoms with Crippen molar-refractivity contribution in [3.05, 3.63) is 36.7 Å². The Balaban J connectivity index is 2.06. The van der Waals surface area contributed by atoms with Crippen molar-refractivity contribution in [3.8, 4) is 0 Å². The quantitative estimate of drug-likeness (QED) is 0.818. The largest absolute Gasteiger partial charge is 0.356 e. The second kappa shape index (κ2) is 6.36. The molecule has 1 aromatic carbocycles. The number of likely N-dealkylation sites (N-methyl/N-ethyl adjacent to an activating group) is 1. The first-order valence-corrected chi connectivity index (χ1v) is 8.03. The van der Waals surface area contributed by atoms with E-state index in [0.29, 0.717) is 0 Å². The molecular formula is C18H22N4O. The molecule has 5 nitrogen and oxygen atoms in total. The molecule has 1 aromatic heterocycles. The molecule has 1 fully saturated rings. The van der Waals surface area contributed by atoms with Crippen LogP contribution in [0.2, 0.25) is 0 Å². The normalized spacial score (nSPS) is 14.8. The van der Waals surface area contributed by atoms with Gasteiger partial charge in [0, 0.05) is 31.2 Å². The van der Waals surface area contributed by atoms with Crippen LogP contribution in [0.4, 0.5) is 11.5 Å². The molecule has 1 amide bonds. The lowest BCUT2D eigenvalue weighted by atomic mass is 10.1. The SMILES string of the molecule is C=CC(=O)N(C)c1ccc2c(N3CCCCC3)nc(C)nc2c1. The average molecular weight is 310 g/mol. The lowest BCUT2D eigenvalue weighted by Gasteiger charge is -2.29. The molecule has 0 saturated carbocycles. The van der Waals surface area contributed by atoms with Crippen molar-refractivity contribution in [1.29, 1.82) is 0 Å². The van der Waals surface area contributed by atoms with Crippen LogP contribution in [0, 0.1) is 6.92 Å². The van der Waals surface area contributed by atoms with Gasteiger partial charge >= 0.3 is 0 Å². The molecule has 23 heavy (non-hydrogen) atoms. The van der Waals surface area contributed by atoms with E-state index in [1.807, 2.05) is 25.1 Å². The number of aryl methyl sites for hydroxylation is 1. The number of carbonyl (C=O) groups is 1. The van der Waals surface area contributed by atoms with Crippen LogP contribution in [0.5, 0.6) is 0 Å². The summed E-state index contributed by atoms with van der Waals surface area (Å²) in [5.74, 6) is 1.63. The van der Waals surface area contributed by atoms with E-state index in [-0.39, 0.29) is 5.91 Å². The van der Waals surface area contributed by atoms with Gasteiger partial charge in [0.05, 0.1) is 5.52 Å². The predicted molar refractivity (Wildman–Crippen MR) is 93.9 cm³/mol. The first-order valence-electron chi connectivity index (χ1n) is 8.03. The van der Waals surface area contributed by atoms with Crippen LogP contribution in [0.1, 0.15) is 25.1 Å². The zero-order chi connectivity index (χ0) is 16.4. The van der Waals surface area contributed by atoms with Gasteiger partial charge in [-0.1, -0.05) is 6.58 Å². The van der Waals surface area contributed by atoms with Crippen LogP contribution in [-0.2, 0) is 4.79 Å². The number of nitrogens with zero attached hydrogens (tertiary/aromatic N) is 4. The van der Waals surface area contributed by atoms with Gasteiger partial charge in [-0.3, -0.25) is 4.79 Å². The number of carbonyl (C=O) groups excluding carboxylic acids is 1. The van der Waals surface area contributed by atoms with E-state index in [1.165, 1.54) is 25.3 Å². The Morgan fingerprint density at radius 1 is 1.26 bits per heavy atom. The third-order valence-corrected chi connectivity index (χ3v) is 4.32. The first kappa shape index (κ1) is 15.5. The van der Waals surface area contributed by atoms with Crippen molar-refractivity contribution in [1.82, 2.24) is 9.97 Å². The fraction of sp³-hybridized carbons (Fsp3) is 0.389. The number of piperidine rings is 1. The van der Waals surface area contributed by atoms with Crippen LogP contribution >= 0.6 is 0 Å². The van der Waals surface area contributed by atoms with Gasteiger partial charge in [0.15, 0.2) is 0 Å². The van der Waals surface area contributed by atoms with Crippen molar-refractivity contribution < 1.29 is 4.79 Å². The first-order chi connectivity index (χ1) is 11.1. The maximum absolute atomic E-state index is 11.8. The molecule has 3 rings (SSSR count). The summed E-state index contributed by atoms with van der Waals surface area (Å²) in [7, 11) is 1.74. The number of rotatable bonds is 3. The van der Waals surface area contributed by atoms with Gasteiger partial charge in [-0.15, -0.1) is 0 Å². The van der Waals surface area contributed by atoms with Gasteiger partial charge in [-0.05, 0) is 50.5 Å². The number of anilines is 2. The summed E-state index contributed by atoms with van der Waals surface area (Å²) in [6.07, 6.45) is 5.02. The van der Waals surface area contributed by atoms with Gasteiger partial charge in [0.2, 0.25) is 5.91 Å². The van der Waals surface area contributed by atoms with E-state index < -0.39 is 0 Å². The molecular weight excluding hydrogens is 288 g/mol. The summed E-state index contributed by atoms with van der Waals surface area (Å²) in [6, 6.07) is 5.90. The van der Waals surface area contributed by atoms with Crippen LogP contribution < -0.4 is 9.80 Å². The molecule has 1 saturated heterocycles. The molecule has 120 valence electrons. The van der Waals surface area contributed by atoms with Crippen molar-refractivity contribution >= 4 is 28.3 Å². The number of amides is 1. The summed E-state index contributed by atoms with van der Waals surface area (Å²) in [6.45, 7) is 7.54. The zero-order valence-corrected chi connectivity index (χ0v) is 13.7. The van der Waals surface area contributed by atoms with E-state index in [0.717, 1.165) is 41.3 Å². The minimum Gasteiger partial charge on any atom is -0.356 e. The molecule has 0 unspecified atom stereocenters. The van der Waals surface area contributed by atoms with Gasteiger partial charge in [0.1, 0.15) is 11.6 Å². The zero-order valence-electron chi connectivity index (χ0n) is 13.7. The van der Waals surface area contributed by atoms with Gasteiger partial charge < -0.3 is 9.80 Å². The molecule has 0 bridgehead atoms. The molecule has 0 aliphatic carbocycles. The molecule has 2 heterocycles. The Hall–Kier alpha value is -2.43. The lowest BCUT2D eigenvalue weighted by molar-refractivity contribution is -0.113. The summed E-state index contributed by atoms with van der Waals surface area (Å²) < 4.78 is 0.